The van der Waals surface area contributed by atoms with Gasteiger partial charge in [0.2, 0.25) is 0 Å². The van der Waals surface area contributed by atoms with Gasteiger partial charge in [0.05, 0.1) is 11.8 Å². The average Bonchev–Trinajstić information content (AvgIpc) is 2.41. The lowest BCUT2D eigenvalue weighted by Gasteiger charge is -2.14. The van der Waals surface area contributed by atoms with Crippen LogP contribution in [0.5, 0.6) is 5.75 Å². The first-order valence-corrected chi connectivity index (χ1v) is 6.46. The Labute approximate surface area is 113 Å². The Kier molecular flexibility index (Phi) is 4.86. The van der Waals surface area contributed by atoms with Crippen LogP contribution in [-0.4, -0.2) is 16.1 Å². The first kappa shape index (κ1) is 13.5. The number of hydrogen-bond donors (Lipinski definition) is 1. The van der Waals surface area contributed by atoms with Crippen molar-refractivity contribution in [2.24, 2.45) is 0 Å². The molecule has 2 rings (SSSR count). The van der Waals surface area contributed by atoms with Gasteiger partial charge in [0, 0.05) is 24.8 Å². The van der Waals surface area contributed by atoms with Gasteiger partial charge in [0.15, 0.2) is 0 Å². The predicted octanol–water partition coefficient (Wildman–Crippen LogP) is 2.55. The van der Waals surface area contributed by atoms with E-state index in [0.717, 1.165) is 30.1 Å². The fourth-order valence-corrected chi connectivity index (χ4v) is 1.77. The molecule has 1 aromatic carbocycles. The van der Waals surface area contributed by atoms with E-state index in [1.807, 2.05) is 38.1 Å². The Morgan fingerprint density at radius 1 is 1.16 bits per heavy atom. The summed E-state index contributed by atoms with van der Waals surface area (Å²) in [5.41, 5.74) is 2.14. The molecule has 0 saturated carbocycles. The summed E-state index contributed by atoms with van der Waals surface area (Å²) >= 11 is 0. The standard InChI is InChI=1S/C15H19N3O/c1-12(2)19-15-6-4-3-5-13(15)9-17-10-14-7-8-16-11-18-14/h3-8,11-12,17H,9-10H2,1-2H3. The normalized spacial score (nSPS) is 10.7. The van der Waals surface area contributed by atoms with Crippen LogP contribution in [0.15, 0.2) is 42.9 Å². The maximum absolute atomic E-state index is 5.78. The number of ether oxygens (including phenoxy) is 1. The zero-order chi connectivity index (χ0) is 13.5. The Bertz CT molecular complexity index is 500. The van der Waals surface area contributed by atoms with Crippen LogP contribution in [-0.2, 0) is 13.1 Å². The van der Waals surface area contributed by atoms with Gasteiger partial charge < -0.3 is 10.1 Å². The maximum atomic E-state index is 5.78. The molecule has 4 heteroatoms. The van der Waals surface area contributed by atoms with Crippen molar-refractivity contribution in [1.82, 2.24) is 15.3 Å². The van der Waals surface area contributed by atoms with Crippen LogP contribution in [0.2, 0.25) is 0 Å². The molecule has 0 bridgehead atoms. The first-order chi connectivity index (χ1) is 9.25. The van der Waals surface area contributed by atoms with Gasteiger partial charge in [-0.05, 0) is 26.0 Å². The molecule has 0 radical (unpaired) electrons. The van der Waals surface area contributed by atoms with E-state index >= 15 is 0 Å². The maximum Gasteiger partial charge on any atom is 0.124 e. The number of benzene rings is 1. The quantitative estimate of drug-likeness (QED) is 0.864. The second-order valence-electron chi connectivity index (χ2n) is 4.58. The summed E-state index contributed by atoms with van der Waals surface area (Å²) in [4.78, 5) is 8.08. The van der Waals surface area contributed by atoms with Crippen LogP contribution in [0.25, 0.3) is 0 Å². The molecule has 0 spiro atoms. The molecule has 100 valence electrons. The van der Waals surface area contributed by atoms with Crippen molar-refractivity contribution >= 4 is 0 Å². The largest absolute Gasteiger partial charge is 0.491 e. The third-order valence-electron chi connectivity index (χ3n) is 2.60. The Morgan fingerprint density at radius 2 is 2.00 bits per heavy atom. The molecule has 4 nitrogen and oxygen atoms in total. The minimum absolute atomic E-state index is 0.183. The summed E-state index contributed by atoms with van der Waals surface area (Å²) in [6, 6.07) is 10.00. The van der Waals surface area contributed by atoms with E-state index in [9.17, 15) is 0 Å². The van der Waals surface area contributed by atoms with Crippen molar-refractivity contribution < 1.29 is 4.74 Å². The number of para-hydroxylation sites is 1. The third kappa shape index (κ3) is 4.34. The minimum Gasteiger partial charge on any atom is -0.491 e. The summed E-state index contributed by atoms with van der Waals surface area (Å²) in [6.45, 7) is 5.54. The molecule has 1 N–H and O–H groups in total. The van der Waals surface area contributed by atoms with Gasteiger partial charge in [-0.25, -0.2) is 9.97 Å². The van der Waals surface area contributed by atoms with Crippen LogP contribution in [0, 0.1) is 0 Å². The van der Waals surface area contributed by atoms with Gasteiger partial charge in [0.25, 0.3) is 0 Å². The first-order valence-electron chi connectivity index (χ1n) is 6.46. The molecule has 0 aliphatic carbocycles. The molecule has 1 aromatic heterocycles. The van der Waals surface area contributed by atoms with Gasteiger partial charge in [-0.2, -0.15) is 0 Å². The Balaban J connectivity index is 1.92. The molecule has 1 heterocycles. The van der Waals surface area contributed by atoms with E-state index in [2.05, 4.69) is 21.4 Å². The summed E-state index contributed by atoms with van der Waals surface area (Å²) in [5.74, 6) is 0.938. The van der Waals surface area contributed by atoms with Crippen LogP contribution in [0.3, 0.4) is 0 Å². The number of rotatable bonds is 6. The third-order valence-corrected chi connectivity index (χ3v) is 2.60. The van der Waals surface area contributed by atoms with Crippen molar-refractivity contribution in [1.29, 1.82) is 0 Å². The number of aromatic nitrogens is 2. The monoisotopic (exact) mass is 257 g/mol. The highest BCUT2D eigenvalue weighted by Gasteiger charge is 2.04. The molecular formula is C15H19N3O. The van der Waals surface area contributed by atoms with Crippen LogP contribution < -0.4 is 10.1 Å². The van der Waals surface area contributed by atoms with Crippen LogP contribution in [0.1, 0.15) is 25.1 Å². The molecule has 19 heavy (non-hydrogen) atoms. The minimum atomic E-state index is 0.183. The van der Waals surface area contributed by atoms with Gasteiger partial charge in [0.1, 0.15) is 12.1 Å². The lowest BCUT2D eigenvalue weighted by atomic mass is 10.2. The SMILES string of the molecule is CC(C)Oc1ccccc1CNCc1ccncn1. The zero-order valence-corrected chi connectivity index (χ0v) is 11.3. The highest BCUT2D eigenvalue weighted by Crippen LogP contribution is 2.19. The van der Waals surface area contributed by atoms with Gasteiger partial charge in [-0.15, -0.1) is 0 Å². The smallest absolute Gasteiger partial charge is 0.124 e. The van der Waals surface area contributed by atoms with Crippen molar-refractivity contribution in [3.63, 3.8) is 0 Å². The van der Waals surface area contributed by atoms with Crippen LogP contribution >= 0.6 is 0 Å². The van der Waals surface area contributed by atoms with E-state index in [1.165, 1.54) is 0 Å². The van der Waals surface area contributed by atoms with Gasteiger partial charge >= 0.3 is 0 Å². The van der Waals surface area contributed by atoms with E-state index in [4.69, 9.17) is 4.74 Å². The van der Waals surface area contributed by atoms with Gasteiger partial charge in [-0.3, -0.25) is 0 Å². The Morgan fingerprint density at radius 3 is 2.74 bits per heavy atom. The molecule has 0 saturated heterocycles. The second-order valence-corrected chi connectivity index (χ2v) is 4.58. The van der Waals surface area contributed by atoms with E-state index in [0.29, 0.717) is 0 Å². The van der Waals surface area contributed by atoms with E-state index < -0.39 is 0 Å². The number of nitrogens with zero attached hydrogens (tertiary/aromatic N) is 2. The van der Waals surface area contributed by atoms with Crippen molar-refractivity contribution in [2.75, 3.05) is 0 Å². The number of nitrogens with one attached hydrogen (secondary N) is 1. The summed E-state index contributed by atoms with van der Waals surface area (Å²) in [5, 5.41) is 3.36. The molecule has 2 aromatic rings. The molecule has 0 aliphatic heterocycles. The highest BCUT2D eigenvalue weighted by molar-refractivity contribution is 5.33. The highest BCUT2D eigenvalue weighted by atomic mass is 16.5. The molecular weight excluding hydrogens is 238 g/mol. The fraction of sp³-hybridized carbons (Fsp3) is 0.333. The molecule has 0 fully saturated rings. The average molecular weight is 257 g/mol. The van der Waals surface area contributed by atoms with E-state index in [1.54, 1.807) is 12.5 Å². The van der Waals surface area contributed by atoms with Crippen molar-refractivity contribution in [3.8, 4) is 5.75 Å². The van der Waals surface area contributed by atoms with Crippen LogP contribution in [0.4, 0.5) is 0 Å². The van der Waals surface area contributed by atoms with Crippen molar-refractivity contribution in [3.05, 3.63) is 54.1 Å². The molecule has 0 atom stereocenters. The lowest BCUT2D eigenvalue weighted by Crippen LogP contribution is -2.15. The molecule has 0 amide bonds. The predicted molar refractivity (Wildman–Crippen MR) is 74.8 cm³/mol. The fourth-order valence-electron chi connectivity index (χ4n) is 1.77. The summed E-state index contributed by atoms with van der Waals surface area (Å²) < 4.78 is 5.78. The zero-order valence-electron chi connectivity index (χ0n) is 11.3. The number of hydrogen-bond acceptors (Lipinski definition) is 4. The lowest BCUT2D eigenvalue weighted by molar-refractivity contribution is 0.239. The molecule has 0 aliphatic rings. The second kappa shape index (κ2) is 6.85. The molecule has 0 unspecified atom stereocenters. The summed E-state index contributed by atoms with van der Waals surface area (Å²) in [7, 11) is 0. The van der Waals surface area contributed by atoms with E-state index in [-0.39, 0.29) is 6.10 Å². The Hall–Kier alpha value is -1.94. The summed E-state index contributed by atoms with van der Waals surface area (Å²) in [6.07, 6.45) is 3.50. The topological polar surface area (TPSA) is 47.0 Å². The van der Waals surface area contributed by atoms with Gasteiger partial charge in [-0.1, -0.05) is 18.2 Å². The van der Waals surface area contributed by atoms with Crippen molar-refractivity contribution in [2.45, 2.75) is 33.0 Å².